The number of carbonyl (C=O) groups is 1. The molecule has 0 saturated heterocycles. The van der Waals surface area contributed by atoms with Crippen molar-refractivity contribution in [1.29, 1.82) is 0 Å². The van der Waals surface area contributed by atoms with E-state index in [1.807, 2.05) is 26.0 Å². The van der Waals surface area contributed by atoms with E-state index >= 15 is 0 Å². The Morgan fingerprint density at radius 3 is 2.83 bits per heavy atom. The fourth-order valence-electron chi connectivity index (χ4n) is 1.68. The number of carboxylic acid groups (broad SMARTS) is 1. The lowest BCUT2D eigenvalue weighted by Gasteiger charge is -2.14. The molecular formula is C13H14N2O3. The number of hydrogen-bond acceptors (Lipinski definition) is 4. The van der Waals surface area contributed by atoms with E-state index < -0.39 is 5.97 Å². The highest BCUT2D eigenvalue weighted by atomic mass is 16.4. The van der Waals surface area contributed by atoms with E-state index in [-0.39, 0.29) is 11.7 Å². The maximum absolute atomic E-state index is 11.0. The minimum Gasteiger partial charge on any atom is -0.476 e. The molecule has 5 heteroatoms. The molecule has 0 bridgehead atoms. The molecule has 1 unspecified atom stereocenters. The lowest BCUT2D eigenvalue weighted by atomic mass is 10.2. The molecule has 2 N–H and O–H groups in total. The molecule has 2 aromatic rings. The van der Waals surface area contributed by atoms with E-state index in [0.717, 1.165) is 11.5 Å². The molecule has 0 aliphatic rings. The van der Waals surface area contributed by atoms with E-state index in [4.69, 9.17) is 9.52 Å². The number of furan rings is 1. The molecule has 18 heavy (non-hydrogen) atoms. The largest absolute Gasteiger partial charge is 0.476 e. The molecular weight excluding hydrogens is 232 g/mol. The monoisotopic (exact) mass is 246 g/mol. The fourth-order valence-corrected chi connectivity index (χ4v) is 1.68. The summed E-state index contributed by atoms with van der Waals surface area (Å²) in [7, 11) is 0. The Hall–Kier alpha value is -2.30. The molecule has 0 fully saturated rings. The van der Waals surface area contributed by atoms with Crippen molar-refractivity contribution in [2.45, 2.75) is 19.9 Å². The van der Waals surface area contributed by atoms with Crippen molar-refractivity contribution in [2.24, 2.45) is 0 Å². The Kier molecular flexibility index (Phi) is 3.32. The Morgan fingerprint density at radius 1 is 1.44 bits per heavy atom. The van der Waals surface area contributed by atoms with Gasteiger partial charge in [0.15, 0.2) is 5.69 Å². The van der Waals surface area contributed by atoms with Crippen molar-refractivity contribution in [3.8, 4) is 0 Å². The molecule has 0 radical (unpaired) electrons. The summed E-state index contributed by atoms with van der Waals surface area (Å²) in [4.78, 5) is 14.9. The summed E-state index contributed by atoms with van der Waals surface area (Å²) in [6.07, 6.45) is 1.45. The Balaban J connectivity index is 2.21. The lowest BCUT2D eigenvalue weighted by molar-refractivity contribution is 0.0691. The number of aromatic nitrogens is 1. The number of aryl methyl sites for hydroxylation is 1. The zero-order chi connectivity index (χ0) is 13.1. The maximum Gasteiger partial charge on any atom is 0.356 e. The first-order valence-corrected chi connectivity index (χ1v) is 5.59. The third-order valence-corrected chi connectivity index (χ3v) is 2.57. The van der Waals surface area contributed by atoms with Crippen LogP contribution in [0.2, 0.25) is 0 Å². The van der Waals surface area contributed by atoms with Gasteiger partial charge < -0.3 is 14.8 Å². The zero-order valence-electron chi connectivity index (χ0n) is 10.2. The number of pyridine rings is 1. The van der Waals surface area contributed by atoms with Gasteiger partial charge in [-0.15, -0.1) is 0 Å². The summed E-state index contributed by atoms with van der Waals surface area (Å²) in [6, 6.07) is 6.98. The van der Waals surface area contributed by atoms with Crippen molar-refractivity contribution >= 4 is 11.7 Å². The highest BCUT2D eigenvalue weighted by Gasteiger charge is 2.15. The number of carboxylic acids is 1. The number of aromatic carboxylic acids is 1. The van der Waals surface area contributed by atoms with E-state index in [0.29, 0.717) is 5.69 Å². The number of rotatable bonds is 4. The van der Waals surface area contributed by atoms with Crippen LogP contribution in [-0.4, -0.2) is 16.1 Å². The second-order valence-corrected chi connectivity index (χ2v) is 4.02. The normalized spacial score (nSPS) is 12.1. The van der Waals surface area contributed by atoms with Crippen LogP contribution in [0.4, 0.5) is 5.69 Å². The fraction of sp³-hybridized carbons (Fsp3) is 0.231. The van der Waals surface area contributed by atoms with Gasteiger partial charge in [0.05, 0.1) is 11.7 Å². The van der Waals surface area contributed by atoms with Gasteiger partial charge >= 0.3 is 5.97 Å². The topological polar surface area (TPSA) is 75.4 Å². The Bertz CT molecular complexity index is 563. The van der Waals surface area contributed by atoms with Crippen LogP contribution >= 0.6 is 0 Å². The Labute approximate surface area is 104 Å². The number of anilines is 1. The van der Waals surface area contributed by atoms with Crippen molar-refractivity contribution in [2.75, 3.05) is 5.32 Å². The molecule has 2 aromatic heterocycles. The quantitative estimate of drug-likeness (QED) is 0.867. The average molecular weight is 246 g/mol. The van der Waals surface area contributed by atoms with E-state index in [2.05, 4.69) is 10.3 Å². The first-order valence-electron chi connectivity index (χ1n) is 5.59. The number of nitrogens with one attached hydrogen (secondary N) is 1. The van der Waals surface area contributed by atoms with Crippen molar-refractivity contribution < 1.29 is 14.3 Å². The number of nitrogens with zero attached hydrogens (tertiary/aromatic N) is 1. The van der Waals surface area contributed by atoms with Gasteiger partial charge in [-0.1, -0.05) is 0 Å². The van der Waals surface area contributed by atoms with Crippen LogP contribution in [0.25, 0.3) is 0 Å². The standard InChI is InChI=1S/C13H14N2O3/c1-8-5-6-11(18-8)9(2)15-10-4-3-7-14-12(10)13(16)17/h3-7,9,15H,1-2H3,(H,16,17). The summed E-state index contributed by atoms with van der Waals surface area (Å²) in [5.41, 5.74) is 0.485. The van der Waals surface area contributed by atoms with Crippen molar-refractivity contribution in [3.05, 3.63) is 47.7 Å². The first kappa shape index (κ1) is 12.2. The highest BCUT2D eigenvalue weighted by molar-refractivity contribution is 5.91. The molecule has 5 nitrogen and oxygen atoms in total. The van der Waals surface area contributed by atoms with Gasteiger partial charge in [-0.05, 0) is 38.1 Å². The highest BCUT2D eigenvalue weighted by Crippen LogP contribution is 2.22. The van der Waals surface area contributed by atoms with Crippen molar-refractivity contribution in [3.63, 3.8) is 0 Å². The van der Waals surface area contributed by atoms with Crippen molar-refractivity contribution in [1.82, 2.24) is 4.98 Å². The number of hydrogen-bond donors (Lipinski definition) is 2. The van der Waals surface area contributed by atoms with Gasteiger partial charge in [-0.25, -0.2) is 9.78 Å². The summed E-state index contributed by atoms with van der Waals surface area (Å²) < 4.78 is 5.49. The average Bonchev–Trinajstić information content (AvgIpc) is 2.76. The molecule has 0 aliphatic heterocycles. The van der Waals surface area contributed by atoms with E-state index in [9.17, 15) is 4.79 Å². The summed E-state index contributed by atoms with van der Waals surface area (Å²) in [5, 5.41) is 12.1. The molecule has 0 amide bonds. The lowest BCUT2D eigenvalue weighted by Crippen LogP contribution is -2.11. The van der Waals surface area contributed by atoms with Crippen LogP contribution < -0.4 is 5.32 Å². The van der Waals surface area contributed by atoms with Crippen LogP contribution in [-0.2, 0) is 0 Å². The SMILES string of the molecule is Cc1ccc(C(C)Nc2cccnc2C(=O)O)o1. The van der Waals surface area contributed by atoms with Crippen LogP contribution in [0.15, 0.2) is 34.9 Å². The molecule has 94 valence electrons. The first-order chi connectivity index (χ1) is 8.58. The van der Waals surface area contributed by atoms with Gasteiger partial charge in [0, 0.05) is 6.20 Å². The van der Waals surface area contributed by atoms with Gasteiger partial charge in [-0.2, -0.15) is 0 Å². The Morgan fingerprint density at radius 2 is 2.22 bits per heavy atom. The third kappa shape index (κ3) is 2.51. The smallest absolute Gasteiger partial charge is 0.356 e. The second-order valence-electron chi connectivity index (χ2n) is 4.02. The molecule has 0 aliphatic carbocycles. The zero-order valence-corrected chi connectivity index (χ0v) is 10.2. The van der Waals surface area contributed by atoms with Crippen LogP contribution in [0.3, 0.4) is 0 Å². The third-order valence-electron chi connectivity index (χ3n) is 2.57. The molecule has 1 atom stereocenters. The molecule has 2 rings (SSSR count). The maximum atomic E-state index is 11.0. The summed E-state index contributed by atoms with van der Waals surface area (Å²) >= 11 is 0. The predicted molar refractivity (Wildman–Crippen MR) is 66.7 cm³/mol. The van der Waals surface area contributed by atoms with E-state index in [1.165, 1.54) is 6.20 Å². The van der Waals surface area contributed by atoms with Crippen LogP contribution in [0.1, 0.15) is 35.0 Å². The second kappa shape index (κ2) is 4.91. The minimum absolute atomic E-state index is 0.00706. The summed E-state index contributed by atoms with van der Waals surface area (Å²) in [6.45, 7) is 3.76. The molecule has 0 aromatic carbocycles. The summed E-state index contributed by atoms with van der Waals surface area (Å²) in [5.74, 6) is 0.525. The molecule has 0 spiro atoms. The van der Waals surface area contributed by atoms with Crippen LogP contribution in [0.5, 0.6) is 0 Å². The predicted octanol–water partition coefficient (Wildman–Crippen LogP) is 2.85. The van der Waals surface area contributed by atoms with Crippen LogP contribution in [0, 0.1) is 6.92 Å². The minimum atomic E-state index is -1.05. The molecule has 0 saturated carbocycles. The molecule has 2 heterocycles. The van der Waals surface area contributed by atoms with Gasteiger partial charge in [-0.3, -0.25) is 0 Å². The van der Waals surface area contributed by atoms with Gasteiger partial charge in [0.25, 0.3) is 0 Å². The van der Waals surface area contributed by atoms with Gasteiger partial charge in [0.2, 0.25) is 0 Å². The van der Waals surface area contributed by atoms with E-state index in [1.54, 1.807) is 12.1 Å². The van der Waals surface area contributed by atoms with Gasteiger partial charge in [0.1, 0.15) is 11.5 Å².